The predicted molar refractivity (Wildman–Crippen MR) is 209 cm³/mol. The molecule has 1 aromatic carbocycles. The van der Waals surface area contributed by atoms with Gasteiger partial charge in [-0.15, -0.1) is 0 Å². The summed E-state index contributed by atoms with van der Waals surface area (Å²) in [7, 11) is -4.42. The van der Waals surface area contributed by atoms with E-state index in [2.05, 4.69) is 21.2 Å². The van der Waals surface area contributed by atoms with Gasteiger partial charge in [0, 0.05) is 6.42 Å². The van der Waals surface area contributed by atoms with Gasteiger partial charge in [0.2, 0.25) is 5.60 Å². The Hall–Kier alpha value is -4.10. The molecule has 0 bridgehead atoms. The molecule has 3 heterocycles. The van der Waals surface area contributed by atoms with E-state index in [-0.39, 0.29) is 36.2 Å². The first-order valence-corrected chi connectivity index (χ1v) is 21.2. The molecule has 17 heteroatoms. The molecule has 6 N–H and O–H groups in total. The van der Waals surface area contributed by atoms with E-state index in [4.69, 9.17) is 34.7 Å². The number of rotatable bonds is 25. The molecule has 2 aromatic heterocycles. The third kappa shape index (κ3) is 12.0. The van der Waals surface area contributed by atoms with Crippen molar-refractivity contribution < 1.29 is 42.5 Å². The topological polar surface area (TPSA) is 236 Å². The number of benzene rings is 1. The molecule has 0 spiro atoms. The quantitative estimate of drug-likeness (QED) is 0.0455. The van der Waals surface area contributed by atoms with Crippen LogP contribution in [-0.2, 0) is 38.5 Å². The van der Waals surface area contributed by atoms with Gasteiger partial charge in [-0.1, -0.05) is 89.8 Å². The van der Waals surface area contributed by atoms with Crippen molar-refractivity contribution in [1.29, 1.82) is 5.26 Å². The summed E-state index contributed by atoms with van der Waals surface area (Å²) in [6.45, 7) is 5.79. The SMILES string of the molecule is CCC(CC)COC(=O)[C@@H](C)NP(=O)(OC[C@H]1O[C@@](C#N)(c2ccc3c(N)ncnn23)[C@H](O)[C@@H]1OC(=O)CCCCCCCCCCCN)Oc1ccccc1. The van der Waals surface area contributed by atoms with Crippen LogP contribution in [0.3, 0.4) is 0 Å². The first-order chi connectivity index (χ1) is 27.0. The molecule has 0 amide bonds. The van der Waals surface area contributed by atoms with Crippen molar-refractivity contribution in [3.05, 3.63) is 54.5 Å². The van der Waals surface area contributed by atoms with Gasteiger partial charge < -0.3 is 35.3 Å². The fraction of sp³-hybridized carbons (Fsp3) is 0.615. The van der Waals surface area contributed by atoms with E-state index in [0.29, 0.717) is 11.9 Å². The summed E-state index contributed by atoms with van der Waals surface area (Å²) >= 11 is 0. The van der Waals surface area contributed by atoms with E-state index in [0.717, 1.165) is 70.8 Å². The van der Waals surface area contributed by atoms with Gasteiger partial charge in [0.25, 0.3) is 0 Å². The summed E-state index contributed by atoms with van der Waals surface area (Å²) < 4.78 is 45.1. The lowest BCUT2D eigenvalue weighted by Crippen LogP contribution is -2.43. The normalized spacial score (nSPS) is 21.1. The number of nitriles is 1. The van der Waals surface area contributed by atoms with Crippen molar-refractivity contribution in [2.45, 2.75) is 128 Å². The van der Waals surface area contributed by atoms with Crippen LogP contribution in [0.1, 0.15) is 104 Å². The Balaban J connectivity index is 1.52. The summed E-state index contributed by atoms with van der Waals surface area (Å²) in [6.07, 6.45) is 7.39. The molecule has 0 radical (unpaired) electrons. The van der Waals surface area contributed by atoms with E-state index in [9.17, 15) is 24.5 Å². The van der Waals surface area contributed by atoms with Gasteiger partial charge in [-0.3, -0.25) is 14.1 Å². The van der Waals surface area contributed by atoms with Crippen LogP contribution in [0, 0.1) is 17.2 Å². The van der Waals surface area contributed by atoms with Crippen LogP contribution in [0.4, 0.5) is 5.82 Å². The molecule has 1 unspecified atom stereocenters. The zero-order chi connectivity index (χ0) is 40.6. The lowest BCUT2D eigenvalue weighted by Gasteiger charge is -2.26. The van der Waals surface area contributed by atoms with Crippen molar-refractivity contribution in [2.24, 2.45) is 11.7 Å². The van der Waals surface area contributed by atoms with Crippen molar-refractivity contribution in [1.82, 2.24) is 19.7 Å². The highest BCUT2D eigenvalue weighted by atomic mass is 31.2. The van der Waals surface area contributed by atoms with Crippen LogP contribution < -0.4 is 21.1 Å². The Bertz CT molecular complexity index is 1770. The van der Waals surface area contributed by atoms with Gasteiger partial charge in [0.15, 0.2) is 11.9 Å². The molecule has 56 heavy (non-hydrogen) atoms. The monoisotopic (exact) mass is 799 g/mol. The second kappa shape index (κ2) is 22.0. The van der Waals surface area contributed by atoms with Gasteiger partial charge >= 0.3 is 19.7 Å². The van der Waals surface area contributed by atoms with Crippen molar-refractivity contribution >= 4 is 31.0 Å². The van der Waals surface area contributed by atoms with Gasteiger partial charge in [-0.05, 0) is 56.5 Å². The lowest BCUT2D eigenvalue weighted by atomic mass is 9.92. The summed E-state index contributed by atoms with van der Waals surface area (Å²) in [4.78, 5) is 30.3. The zero-order valence-corrected chi connectivity index (χ0v) is 33.6. The molecule has 4 rings (SSSR count). The van der Waals surface area contributed by atoms with Crippen LogP contribution in [0.25, 0.3) is 5.52 Å². The van der Waals surface area contributed by atoms with Crippen LogP contribution in [0.5, 0.6) is 5.75 Å². The number of unbranched alkanes of at least 4 members (excludes halogenated alkanes) is 8. The number of nitrogens with one attached hydrogen (secondary N) is 1. The molecule has 16 nitrogen and oxygen atoms in total. The number of nitrogens with zero attached hydrogens (tertiary/aromatic N) is 4. The number of aliphatic hydroxyl groups is 1. The minimum atomic E-state index is -4.42. The molecule has 3 aromatic rings. The third-order valence-electron chi connectivity index (χ3n) is 10.0. The second-order valence-electron chi connectivity index (χ2n) is 14.1. The lowest BCUT2D eigenvalue weighted by molar-refractivity contribution is -0.156. The highest BCUT2D eigenvalue weighted by Gasteiger charge is 2.60. The maximum atomic E-state index is 14.4. The first kappa shape index (κ1) is 44.6. The number of nitrogen functional groups attached to an aromatic ring is 1. The Kier molecular flexibility index (Phi) is 17.5. The predicted octanol–water partition coefficient (Wildman–Crippen LogP) is 5.72. The smallest absolute Gasteiger partial charge is 0.459 e. The molecule has 1 aliphatic rings. The van der Waals surface area contributed by atoms with Crippen LogP contribution in [-0.4, -0.2) is 75.8 Å². The van der Waals surface area contributed by atoms with Crippen molar-refractivity contribution in [3.63, 3.8) is 0 Å². The summed E-state index contributed by atoms with van der Waals surface area (Å²) in [6, 6.07) is 12.2. The summed E-state index contributed by atoms with van der Waals surface area (Å²) in [5, 5.41) is 29.3. The number of ether oxygens (including phenoxy) is 3. The van der Waals surface area contributed by atoms with E-state index >= 15 is 0 Å². The number of fused-ring (bicyclic) bond motifs is 1. The van der Waals surface area contributed by atoms with Crippen molar-refractivity contribution in [2.75, 3.05) is 25.5 Å². The van der Waals surface area contributed by atoms with Crippen LogP contribution >= 0.6 is 7.75 Å². The number of anilines is 1. The number of carbonyl (C=O) groups is 2. The number of aromatic nitrogens is 3. The number of hydrogen-bond donors (Lipinski definition) is 4. The number of aliphatic hydroxyl groups excluding tert-OH is 1. The maximum absolute atomic E-state index is 14.4. The molecule has 1 fully saturated rings. The van der Waals surface area contributed by atoms with Crippen LogP contribution in [0.15, 0.2) is 48.8 Å². The average Bonchev–Trinajstić information content (AvgIpc) is 3.75. The van der Waals surface area contributed by atoms with E-state index in [1.807, 2.05) is 13.8 Å². The number of hydrogen-bond acceptors (Lipinski definition) is 14. The standard InChI is InChI=1S/C39H58N7O9P/c1-4-29(5-2)24-51-38(49)28(3)45-56(50,55-30-18-14-13-15-19-30)52-25-32-35(53-34(47)20-16-11-9-7-6-8-10-12-17-23-40)36(48)39(26-41,54-32)33-22-21-31-37(42)43-27-44-46(31)33/h13-15,18-19,21-22,27-29,32,35-36,48H,4-12,16-17,20,23-25,40H2,1-3H3,(H,45,50)(H2,42,43,44)/t28-,32-,35-,36-,39+,56?/m1/s1. The Labute approximate surface area is 329 Å². The Morgan fingerprint density at radius 3 is 2.36 bits per heavy atom. The Morgan fingerprint density at radius 2 is 1.71 bits per heavy atom. The van der Waals surface area contributed by atoms with E-state index in [1.54, 1.807) is 36.4 Å². The van der Waals surface area contributed by atoms with Gasteiger partial charge in [-0.2, -0.15) is 15.4 Å². The molecule has 0 aliphatic carbocycles. The molecule has 6 atom stereocenters. The fourth-order valence-electron chi connectivity index (χ4n) is 6.56. The van der Waals surface area contributed by atoms with Gasteiger partial charge in [-0.25, -0.2) is 14.1 Å². The third-order valence-corrected chi connectivity index (χ3v) is 11.7. The minimum Gasteiger partial charge on any atom is -0.464 e. The highest BCUT2D eigenvalue weighted by molar-refractivity contribution is 7.52. The highest BCUT2D eigenvalue weighted by Crippen LogP contribution is 2.48. The molecule has 308 valence electrons. The van der Waals surface area contributed by atoms with Crippen molar-refractivity contribution in [3.8, 4) is 11.8 Å². The zero-order valence-electron chi connectivity index (χ0n) is 32.7. The molecule has 1 saturated heterocycles. The first-order valence-electron chi connectivity index (χ1n) is 19.7. The van der Waals surface area contributed by atoms with Gasteiger partial charge in [0.1, 0.15) is 41.9 Å². The fourth-order valence-corrected chi connectivity index (χ4v) is 8.06. The van der Waals surface area contributed by atoms with Gasteiger partial charge in [0.05, 0.1) is 18.9 Å². The minimum absolute atomic E-state index is 0.0678. The number of esters is 2. The van der Waals surface area contributed by atoms with E-state index < -0.39 is 56.2 Å². The molecular formula is C39H58N7O9P. The molecule has 0 saturated carbocycles. The molecular weight excluding hydrogens is 741 g/mol. The molecule has 1 aliphatic heterocycles. The largest absolute Gasteiger partial charge is 0.464 e. The second-order valence-corrected chi connectivity index (χ2v) is 15.8. The number of para-hydroxylation sites is 1. The number of nitrogens with two attached hydrogens (primary N) is 2. The summed E-state index contributed by atoms with van der Waals surface area (Å²) in [5.41, 5.74) is 9.93. The van der Waals surface area contributed by atoms with E-state index in [1.165, 1.54) is 23.8 Å². The summed E-state index contributed by atoms with van der Waals surface area (Å²) in [5.74, 6) is -0.808. The van der Waals surface area contributed by atoms with Crippen LogP contribution in [0.2, 0.25) is 0 Å². The average molecular weight is 800 g/mol. The maximum Gasteiger partial charge on any atom is 0.459 e. The number of carbonyl (C=O) groups excluding carboxylic acids is 2. The Morgan fingerprint density at radius 1 is 1.05 bits per heavy atom.